The van der Waals surface area contributed by atoms with Crippen LogP contribution < -0.4 is 14.9 Å². The summed E-state index contributed by atoms with van der Waals surface area (Å²) in [6, 6.07) is 0.0419. The summed E-state index contributed by atoms with van der Waals surface area (Å²) in [5.41, 5.74) is 0.0492. The van der Waals surface area contributed by atoms with Crippen LogP contribution in [-0.2, 0) is 0 Å². The number of pyridine rings is 1. The van der Waals surface area contributed by atoms with Crippen LogP contribution in [0.25, 0.3) is 16.3 Å². The van der Waals surface area contributed by atoms with Gasteiger partial charge in [-0.15, -0.1) is 10.2 Å². The van der Waals surface area contributed by atoms with Crippen molar-refractivity contribution in [1.82, 2.24) is 29.6 Å². The van der Waals surface area contributed by atoms with Crippen molar-refractivity contribution in [3.05, 3.63) is 23.5 Å². The third-order valence-electron chi connectivity index (χ3n) is 5.41. The zero-order chi connectivity index (χ0) is 23.4. The summed E-state index contributed by atoms with van der Waals surface area (Å²) in [4.78, 5) is 6.54. The van der Waals surface area contributed by atoms with Gasteiger partial charge in [-0.3, -0.25) is 4.40 Å². The highest BCUT2D eigenvalue weighted by molar-refractivity contribution is 7.97. The van der Waals surface area contributed by atoms with E-state index in [2.05, 4.69) is 25.2 Å². The zero-order valence-electron chi connectivity index (χ0n) is 16.8. The van der Waals surface area contributed by atoms with Crippen molar-refractivity contribution in [1.29, 1.82) is 0 Å². The first-order valence-electron chi connectivity index (χ1n) is 9.97. The first kappa shape index (κ1) is 22.7. The van der Waals surface area contributed by atoms with Crippen LogP contribution >= 0.6 is 23.3 Å². The van der Waals surface area contributed by atoms with E-state index in [-0.39, 0.29) is 23.9 Å². The van der Waals surface area contributed by atoms with Gasteiger partial charge >= 0.3 is 6.18 Å². The lowest BCUT2D eigenvalue weighted by Crippen LogP contribution is -2.57. The van der Waals surface area contributed by atoms with E-state index in [4.69, 9.17) is 0 Å². The molecule has 1 saturated carbocycles. The molecule has 3 aromatic rings. The monoisotopic (exact) mass is 507 g/mol. The summed E-state index contributed by atoms with van der Waals surface area (Å²) in [5.74, 6) is 0.255. The average Bonchev–Trinajstić information content (AvgIpc) is 3.16. The number of nitrogens with zero attached hydrogens (tertiary/aromatic N) is 5. The Kier molecular flexibility index (Phi) is 5.71. The number of anilines is 1. The smallest absolute Gasteiger partial charge is 0.375 e. The molecule has 178 valence electrons. The van der Waals surface area contributed by atoms with Crippen molar-refractivity contribution in [2.45, 2.75) is 42.1 Å². The molecule has 0 aromatic carbocycles. The Bertz CT molecular complexity index is 1160. The molecular weight excluding hydrogens is 489 g/mol. The Balaban J connectivity index is 1.55. The number of piperazine rings is 1. The average molecular weight is 508 g/mol. The fourth-order valence-corrected chi connectivity index (χ4v) is 5.03. The largest absolute Gasteiger partial charge is 0.405 e. The van der Waals surface area contributed by atoms with E-state index in [1.54, 1.807) is 21.6 Å². The first-order chi connectivity index (χ1) is 15.6. The molecule has 2 fully saturated rings. The summed E-state index contributed by atoms with van der Waals surface area (Å²) in [6.45, 7) is 0.183. The number of nitrogens with one attached hydrogen (secondary N) is 2. The molecule has 3 N–H and O–H groups in total. The first-order valence-corrected chi connectivity index (χ1v) is 11.6. The third-order valence-corrected chi connectivity index (χ3v) is 7.27. The SMILES string of the molecule is OC1(NSc2cc(N3CCNC(C(F)(F)F)C3)c3cnc(-c4nnc(C(F)F)s4)n3c2)CC1. The topological polar surface area (TPSA) is 90.6 Å². The lowest BCUT2D eigenvalue weighted by Gasteiger charge is -2.36. The molecule has 0 bridgehead atoms. The van der Waals surface area contributed by atoms with Crippen LogP contribution in [0.15, 0.2) is 23.4 Å². The van der Waals surface area contributed by atoms with Crippen LogP contribution in [0.1, 0.15) is 24.3 Å². The number of rotatable bonds is 6. The van der Waals surface area contributed by atoms with Crippen molar-refractivity contribution >= 4 is 34.5 Å². The molecule has 15 heteroatoms. The number of aromatic nitrogens is 4. The normalized spacial score (nSPS) is 20.7. The van der Waals surface area contributed by atoms with Crippen molar-refractivity contribution in [3.63, 3.8) is 0 Å². The summed E-state index contributed by atoms with van der Waals surface area (Å²) < 4.78 is 70.6. The van der Waals surface area contributed by atoms with Crippen molar-refractivity contribution in [2.24, 2.45) is 0 Å². The van der Waals surface area contributed by atoms with E-state index < -0.39 is 29.4 Å². The quantitative estimate of drug-likeness (QED) is 0.266. The van der Waals surface area contributed by atoms with Gasteiger partial charge in [-0.25, -0.2) is 18.5 Å². The third kappa shape index (κ3) is 4.64. The van der Waals surface area contributed by atoms with Gasteiger partial charge in [0.2, 0.25) is 0 Å². The van der Waals surface area contributed by atoms with Gasteiger partial charge in [0, 0.05) is 30.7 Å². The standard InChI is InChI=1S/C18H18F5N7OS2/c19-13(20)15-26-27-16(32-15)14-25-6-11-10(29-4-3-24-12(8-29)18(21,22)23)5-9(7-30(11)14)33-28-17(31)1-2-17/h5-7,12-13,24,28,31H,1-4,8H2. The summed E-state index contributed by atoms with van der Waals surface area (Å²) in [5, 5.41) is 19.6. The number of imidazole rings is 1. The molecule has 5 rings (SSSR count). The number of fused-ring (bicyclic) bond motifs is 1. The Hall–Kier alpha value is -2.07. The molecule has 3 aromatic heterocycles. The van der Waals surface area contributed by atoms with Gasteiger partial charge in [0.15, 0.2) is 15.8 Å². The zero-order valence-corrected chi connectivity index (χ0v) is 18.4. The molecule has 8 nitrogen and oxygen atoms in total. The second kappa shape index (κ2) is 8.30. The van der Waals surface area contributed by atoms with Gasteiger partial charge in [-0.1, -0.05) is 11.3 Å². The second-order valence-corrected chi connectivity index (χ2v) is 9.76. The lowest BCUT2D eigenvalue weighted by atomic mass is 10.1. The van der Waals surface area contributed by atoms with E-state index in [1.165, 1.54) is 6.20 Å². The second-order valence-electron chi connectivity index (χ2n) is 7.87. The molecular formula is C18H18F5N7OS2. The minimum Gasteiger partial charge on any atom is -0.375 e. The maximum atomic E-state index is 13.4. The van der Waals surface area contributed by atoms with Crippen LogP contribution in [0.2, 0.25) is 0 Å². The van der Waals surface area contributed by atoms with Crippen LogP contribution in [0.3, 0.4) is 0 Å². The van der Waals surface area contributed by atoms with Crippen LogP contribution in [0.4, 0.5) is 27.6 Å². The Morgan fingerprint density at radius 2 is 2.09 bits per heavy atom. The fourth-order valence-electron chi connectivity index (χ4n) is 3.50. The van der Waals surface area contributed by atoms with Crippen molar-refractivity contribution in [3.8, 4) is 10.8 Å². The van der Waals surface area contributed by atoms with E-state index in [0.29, 0.717) is 46.8 Å². The van der Waals surface area contributed by atoms with Gasteiger partial charge in [-0.2, -0.15) is 13.2 Å². The maximum absolute atomic E-state index is 13.4. The van der Waals surface area contributed by atoms with E-state index >= 15 is 0 Å². The van der Waals surface area contributed by atoms with Crippen molar-refractivity contribution < 1.29 is 27.1 Å². The lowest BCUT2D eigenvalue weighted by molar-refractivity contribution is -0.155. The van der Waals surface area contributed by atoms with Crippen molar-refractivity contribution in [2.75, 3.05) is 24.5 Å². The number of alkyl halides is 5. The minimum atomic E-state index is -4.40. The fraction of sp³-hybridized carbons (Fsp3) is 0.500. The van der Waals surface area contributed by atoms with Gasteiger partial charge in [-0.05, 0) is 30.9 Å². The highest BCUT2D eigenvalue weighted by Crippen LogP contribution is 2.38. The highest BCUT2D eigenvalue weighted by atomic mass is 32.2. The number of aliphatic hydroxyl groups is 1. The molecule has 0 spiro atoms. The molecule has 33 heavy (non-hydrogen) atoms. The van der Waals surface area contributed by atoms with Gasteiger partial charge in [0.1, 0.15) is 11.8 Å². The van der Waals surface area contributed by atoms with Crippen LogP contribution in [-0.4, -0.2) is 62.3 Å². The van der Waals surface area contributed by atoms with Gasteiger partial charge in [0.05, 0.1) is 17.4 Å². The molecule has 4 heterocycles. The highest BCUT2D eigenvalue weighted by Gasteiger charge is 2.43. The predicted octanol–water partition coefficient (Wildman–Crippen LogP) is 3.21. The number of halogens is 5. The predicted molar refractivity (Wildman–Crippen MR) is 112 cm³/mol. The van der Waals surface area contributed by atoms with Gasteiger partial charge < -0.3 is 15.3 Å². The molecule has 1 aliphatic heterocycles. The minimum absolute atomic E-state index is 0.140. The Morgan fingerprint density at radius 1 is 1.30 bits per heavy atom. The van der Waals surface area contributed by atoms with Crippen LogP contribution in [0.5, 0.6) is 0 Å². The van der Waals surface area contributed by atoms with E-state index in [9.17, 15) is 27.1 Å². The molecule has 1 saturated heterocycles. The van der Waals surface area contributed by atoms with E-state index in [0.717, 1.165) is 11.9 Å². The number of hydrogen-bond acceptors (Lipinski definition) is 9. The molecule has 0 radical (unpaired) electrons. The summed E-state index contributed by atoms with van der Waals surface area (Å²) >= 11 is 1.84. The molecule has 2 aliphatic rings. The van der Waals surface area contributed by atoms with E-state index in [1.807, 2.05) is 0 Å². The Morgan fingerprint density at radius 3 is 2.76 bits per heavy atom. The molecule has 1 aliphatic carbocycles. The summed E-state index contributed by atoms with van der Waals surface area (Å²) in [6.07, 6.45) is -2.82. The Labute approximate surface area is 192 Å². The van der Waals surface area contributed by atoms with Crippen LogP contribution in [0, 0.1) is 0 Å². The maximum Gasteiger partial charge on any atom is 0.405 e. The molecule has 1 atom stereocenters. The summed E-state index contributed by atoms with van der Waals surface area (Å²) in [7, 11) is 0. The molecule has 1 unspecified atom stereocenters. The molecule has 0 amide bonds. The number of hydrogen-bond donors (Lipinski definition) is 3. The van der Waals surface area contributed by atoms with Gasteiger partial charge in [0.25, 0.3) is 6.43 Å².